The van der Waals surface area contributed by atoms with E-state index in [1.54, 1.807) is 0 Å². The van der Waals surface area contributed by atoms with Gasteiger partial charge in [-0.3, -0.25) is 4.79 Å². The van der Waals surface area contributed by atoms with E-state index in [1.165, 1.54) is 0 Å². The van der Waals surface area contributed by atoms with Gasteiger partial charge in [0.2, 0.25) is 5.91 Å². The van der Waals surface area contributed by atoms with Crippen molar-refractivity contribution in [1.29, 1.82) is 0 Å². The van der Waals surface area contributed by atoms with Crippen molar-refractivity contribution >= 4 is 16.9 Å². The van der Waals surface area contributed by atoms with Crippen LogP contribution in [0.2, 0.25) is 0 Å². The molecular weight excluding hydrogens is 370 g/mol. The molecule has 2 aromatic heterocycles. The molecule has 1 saturated heterocycles. The van der Waals surface area contributed by atoms with E-state index in [4.69, 9.17) is 9.26 Å². The molecule has 1 aromatic carbocycles. The number of fused-ring (bicyclic) bond motifs is 1. The van der Waals surface area contributed by atoms with Crippen LogP contribution >= 0.6 is 0 Å². The highest BCUT2D eigenvalue weighted by molar-refractivity contribution is 5.77. The Bertz CT molecular complexity index is 952. The number of rotatable bonds is 7. The first kappa shape index (κ1) is 18.3. The fourth-order valence-corrected chi connectivity index (χ4v) is 3.80. The van der Waals surface area contributed by atoms with E-state index >= 15 is 0 Å². The van der Waals surface area contributed by atoms with Crippen LogP contribution in [0, 0.1) is 0 Å². The number of amides is 1. The number of ether oxygens (including phenoxy) is 1. The number of H-pyrrole nitrogens is 1. The van der Waals surface area contributed by atoms with Crippen molar-refractivity contribution in [3.63, 3.8) is 0 Å². The molecule has 2 aliphatic rings. The van der Waals surface area contributed by atoms with Gasteiger partial charge in [0.1, 0.15) is 12.4 Å². The molecule has 2 fully saturated rings. The Morgan fingerprint density at radius 2 is 2.00 bits per heavy atom. The summed E-state index contributed by atoms with van der Waals surface area (Å²) >= 11 is 0. The summed E-state index contributed by atoms with van der Waals surface area (Å²) in [5.74, 6) is 2.89. The van der Waals surface area contributed by atoms with E-state index in [2.05, 4.69) is 20.1 Å². The zero-order chi connectivity index (χ0) is 19.6. The van der Waals surface area contributed by atoms with Crippen molar-refractivity contribution in [1.82, 2.24) is 25.0 Å². The molecule has 1 aliphatic heterocycles. The minimum absolute atomic E-state index is 0.130. The number of benzene rings is 1. The van der Waals surface area contributed by atoms with Gasteiger partial charge in [-0.25, -0.2) is 4.98 Å². The Morgan fingerprint density at radius 3 is 2.79 bits per heavy atom. The molecular formula is C21H25N5O3. The van der Waals surface area contributed by atoms with E-state index in [0.29, 0.717) is 31.3 Å². The fourth-order valence-electron chi connectivity index (χ4n) is 3.80. The minimum Gasteiger partial charge on any atom is -0.368 e. The summed E-state index contributed by atoms with van der Waals surface area (Å²) in [7, 11) is 0. The molecule has 1 N–H and O–H groups in total. The number of aryl methyl sites for hydroxylation is 1. The van der Waals surface area contributed by atoms with Gasteiger partial charge in [-0.2, -0.15) is 4.98 Å². The predicted octanol–water partition coefficient (Wildman–Crippen LogP) is 2.96. The lowest BCUT2D eigenvalue weighted by molar-refractivity contribution is -0.134. The number of nitrogens with one attached hydrogen (secondary N) is 1. The Balaban J connectivity index is 1.05. The van der Waals surface area contributed by atoms with Crippen LogP contribution in [-0.4, -0.2) is 50.1 Å². The van der Waals surface area contributed by atoms with E-state index in [-0.39, 0.29) is 12.0 Å². The van der Waals surface area contributed by atoms with E-state index < -0.39 is 0 Å². The zero-order valence-corrected chi connectivity index (χ0v) is 16.3. The van der Waals surface area contributed by atoms with Gasteiger partial charge in [0.25, 0.3) is 5.89 Å². The van der Waals surface area contributed by atoms with Crippen molar-refractivity contribution in [3.05, 3.63) is 41.8 Å². The lowest BCUT2D eigenvalue weighted by Gasteiger charge is -2.31. The van der Waals surface area contributed by atoms with Gasteiger partial charge in [-0.15, -0.1) is 0 Å². The van der Waals surface area contributed by atoms with Gasteiger partial charge in [0, 0.05) is 31.8 Å². The molecule has 29 heavy (non-hydrogen) atoms. The van der Waals surface area contributed by atoms with Crippen LogP contribution in [0.5, 0.6) is 0 Å². The number of aromatic amines is 1. The number of imidazole rings is 1. The molecule has 5 rings (SSSR count). The lowest BCUT2D eigenvalue weighted by Crippen LogP contribution is -2.41. The number of piperidine rings is 1. The molecule has 1 saturated carbocycles. The van der Waals surface area contributed by atoms with Crippen molar-refractivity contribution in [2.45, 2.75) is 57.2 Å². The summed E-state index contributed by atoms with van der Waals surface area (Å²) < 4.78 is 11.2. The standard InChI is InChI=1S/C21H25N5O3/c27-20(8-7-18-22-16-3-1-2-4-17(16)23-18)26-11-9-15(10-12-26)28-13-19-24-21(25-29-19)14-5-6-14/h1-4,14-15H,5-13H2,(H,22,23). The number of nitrogens with zero attached hydrogens (tertiary/aromatic N) is 4. The highest BCUT2D eigenvalue weighted by atomic mass is 16.5. The van der Waals surface area contributed by atoms with Crippen molar-refractivity contribution in [2.75, 3.05) is 13.1 Å². The maximum absolute atomic E-state index is 12.6. The fraction of sp³-hybridized carbons (Fsp3) is 0.524. The number of hydrogen-bond donors (Lipinski definition) is 1. The van der Waals surface area contributed by atoms with Gasteiger partial charge in [0.05, 0.1) is 17.1 Å². The average molecular weight is 395 g/mol. The molecule has 0 unspecified atom stereocenters. The summed E-state index contributed by atoms with van der Waals surface area (Å²) in [6.07, 6.45) is 5.21. The van der Waals surface area contributed by atoms with Gasteiger partial charge in [-0.1, -0.05) is 17.3 Å². The first-order valence-electron chi connectivity index (χ1n) is 10.4. The highest BCUT2D eigenvalue weighted by Crippen LogP contribution is 2.38. The maximum Gasteiger partial charge on any atom is 0.252 e. The molecule has 1 amide bonds. The molecule has 1 aliphatic carbocycles. The van der Waals surface area contributed by atoms with Gasteiger partial charge >= 0.3 is 0 Å². The van der Waals surface area contributed by atoms with Crippen LogP contribution < -0.4 is 0 Å². The second kappa shape index (κ2) is 7.94. The monoisotopic (exact) mass is 395 g/mol. The Kier molecular flexibility index (Phi) is 5.01. The van der Waals surface area contributed by atoms with E-state index in [9.17, 15) is 4.79 Å². The van der Waals surface area contributed by atoms with Crippen LogP contribution in [0.3, 0.4) is 0 Å². The minimum atomic E-state index is 0.130. The topological polar surface area (TPSA) is 97.1 Å². The molecule has 8 heteroatoms. The number of aromatic nitrogens is 4. The van der Waals surface area contributed by atoms with E-state index in [1.807, 2.05) is 29.2 Å². The van der Waals surface area contributed by atoms with Crippen LogP contribution in [0.15, 0.2) is 28.8 Å². The van der Waals surface area contributed by atoms with Gasteiger partial charge in [-0.05, 0) is 37.8 Å². The van der Waals surface area contributed by atoms with Crippen molar-refractivity contribution in [3.8, 4) is 0 Å². The van der Waals surface area contributed by atoms with Crippen molar-refractivity contribution < 1.29 is 14.1 Å². The molecule has 3 aromatic rings. The summed E-state index contributed by atoms with van der Waals surface area (Å²) in [5, 5.41) is 4.01. The van der Waals surface area contributed by atoms with Gasteiger partial charge in [0.15, 0.2) is 5.82 Å². The third-order valence-corrected chi connectivity index (χ3v) is 5.68. The maximum atomic E-state index is 12.6. The molecule has 0 atom stereocenters. The molecule has 3 heterocycles. The quantitative estimate of drug-likeness (QED) is 0.661. The largest absolute Gasteiger partial charge is 0.368 e. The molecule has 0 spiro atoms. The van der Waals surface area contributed by atoms with Crippen LogP contribution in [0.25, 0.3) is 11.0 Å². The second-order valence-corrected chi connectivity index (χ2v) is 7.91. The first-order chi connectivity index (χ1) is 14.2. The number of carbonyl (C=O) groups is 1. The number of carbonyl (C=O) groups excluding carboxylic acids is 1. The second-order valence-electron chi connectivity index (χ2n) is 7.91. The molecule has 0 bridgehead atoms. The van der Waals surface area contributed by atoms with Crippen LogP contribution in [0.1, 0.15) is 55.6 Å². The predicted molar refractivity (Wildman–Crippen MR) is 105 cm³/mol. The summed E-state index contributed by atoms with van der Waals surface area (Å²) in [6, 6.07) is 7.92. The first-order valence-corrected chi connectivity index (χ1v) is 10.4. The average Bonchev–Trinajstić information content (AvgIpc) is 3.34. The third kappa shape index (κ3) is 4.32. The number of hydrogen-bond acceptors (Lipinski definition) is 6. The molecule has 152 valence electrons. The lowest BCUT2D eigenvalue weighted by atomic mass is 10.1. The van der Waals surface area contributed by atoms with Crippen LogP contribution in [-0.2, 0) is 22.6 Å². The normalized spacial score (nSPS) is 17.9. The summed E-state index contributed by atoms with van der Waals surface area (Å²) in [6.45, 7) is 1.80. The molecule has 8 nitrogen and oxygen atoms in total. The Morgan fingerprint density at radius 1 is 1.17 bits per heavy atom. The van der Waals surface area contributed by atoms with Gasteiger partial charge < -0.3 is 19.1 Å². The third-order valence-electron chi connectivity index (χ3n) is 5.68. The molecule has 0 radical (unpaired) electrons. The summed E-state index contributed by atoms with van der Waals surface area (Å²) in [4.78, 5) is 26.7. The van der Waals surface area contributed by atoms with Crippen LogP contribution in [0.4, 0.5) is 0 Å². The number of likely N-dealkylation sites (tertiary alicyclic amines) is 1. The number of para-hydroxylation sites is 2. The Labute approximate surface area is 168 Å². The smallest absolute Gasteiger partial charge is 0.252 e. The van der Waals surface area contributed by atoms with E-state index in [0.717, 1.165) is 61.5 Å². The SMILES string of the molecule is O=C(CCc1nc2ccccc2[nH]1)N1CCC(OCc2nc(C3CC3)no2)CC1. The van der Waals surface area contributed by atoms with Crippen molar-refractivity contribution in [2.24, 2.45) is 0 Å². The summed E-state index contributed by atoms with van der Waals surface area (Å²) in [5.41, 5.74) is 1.96. The zero-order valence-electron chi connectivity index (χ0n) is 16.3. The Hall–Kier alpha value is -2.74. The highest BCUT2D eigenvalue weighted by Gasteiger charge is 2.29.